The number of fused-ring (bicyclic) bond motifs is 1. The lowest BCUT2D eigenvalue weighted by molar-refractivity contribution is -0.119. The number of carbonyl (C=O) groups excluding carboxylic acids is 2. The fourth-order valence-corrected chi connectivity index (χ4v) is 3.43. The normalized spacial score (nSPS) is 15.2. The van der Waals surface area contributed by atoms with E-state index in [1.807, 2.05) is 24.3 Å². The number of halogens is 1. The summed E-state index contributed by atoms with van der Waals surface area (Å²) in [7, 11) is 2.96. The number of para-hydroxylation sites is 1. The summed E-state index contributed by atoms with van der Waals surface area (Å²) >= 11 is 6.09. The molecule has 27 heavy (non-hydrogen) atoms. The standard InChI is InChI=1S/C19H20ClN3O4/c1-26-16-9-13(17(27-2)8-12(16)20)22-18(24)10-23-14-6-4-3-5-11(14)7-15(23)19(21)25/h3-6,8-9,15H,7,10H2,1-2H3,(H2,21,25)(H,22,24)/t15-/m0/s1. The Labute approximate surface area is 162 Å². The van der Waals surface area contributed by atoms with Gasteiger partial charge in [-0.15, -0.1) is 0 Å². The molecule has 1 atom stereocenters. The second-order valence-electron chi connectivity index (χ2n) is 6.11. The minimum absolute atomic E-state index is 0.0291. The van der Waals surface area contributed by atoms with Gasteiger partial charge in [0.2, 0.25) is 11.8 Å². The Kier molecular flexibility index (Phi) is 5.41. The fraction of sp³-hybridized carbons (Fsp3) is 0.263. The third-order valence-corrected chi connectivity index (χ3v) is 4.78. The van der Waals surface area contributed by atoms with E-state index in [9.17, 15) is 9.59 Å². The largest absolute Gasteiger partial charge is 0.495 e. The number of methoxy groups -OCH3 is 2. The topological polar surface area (TPSA) is 93.9 Å². The van der Waals surface area contributed by atoms with Crippen molar-refractivity contribution in [2.45, 2.75) is 12.5 Å². The molecular weight excluding hydrogens is 370 g/mol. The molecule has 2 amide bonds. The average molecular weight is 390 g/mol. The minimum atomic E-state index is -0.560. The van der Waals surface area contributed by atoms with E-state index in [1.54, 1.807) is 17.0 Å². The maximum Gasteiger partial charge on any atom is 0.244 e. The first kappa shape index (κ1) is 18.8. The molecule has 0 saturated carbocycles. The molecule has 0 saturated heterocycles. The van der Waals surface area contributed by atoms with Crippen molar-refractivity contribution >= 4 is 34.8 Å². The van der Waals surface area contributed by atoms with Crippen LogP contribution >= 0.6 is 11.6 Å². The van der Waals surface area contributed by atoms with E-state index < -0.39 is 11.9 Å². The number of nitrogens with two attached hydrogens (primary N) is 1. The van der Waals surface area contributed by atoms with Crippen LogP contribution in [0.2, 0.25) is 5.02 Å². The molecule has 7 nitrogen and oxygen atoms in total. The molecule has 1 heterocycles. The maximum atomic E-state index is 12.7. The van der Waals surface area contributed by atoms with Gasteiger partial charge in [-0.3, -0.25) is 9.59 Å². The molecule has 3 rings (SSSR count). The SMILES string of the molecule is COc1cc(NC(=O)CN2c3ccccc3C[C@H]2C(N)=O)c(OC)cc1Cl. The predicted octanol–water partition coefficient (Wildman–Crippen LogP) is 2.21. The first-order valence-electron chi connectivity index (χ1n) is 8.29. The first-order valence-corrected chi connectivity index (χ1v) is 8.67. The Morgan fingerprint density at radius 3 is 2.59 bits per heavy atom. The summed E-state index contributed by atoms with van der Waals surface area (Å²) in [4.78, 5) is 26.2. The van der Waals surface area contributed by atoms with Gasteiger partial charge in [-0.05, 0) is 11.6 Å². The third-order valence-electron chi connectivity index (χ3n) is 4.48. The molecule has 0 bridgehead atoms. The number of nitrogens with one attached hydrogen (secondary N) is 1. The molecule has 0 unspecified atom stereocenters. The molecule has 0 radical (unpaired) electrons. The summed E-state index contributed by atoms with van der Waals surface area (Å²) in [5.41, 5.74) is 7.77. The molecule has 0 aromatic heterocycles. The molecule has 142 valence electrons. The highest BCUT2D eigenvalue weighted by Crippen LogP contribution is 2.36. The van der Waals surface area contributed by atoms with Crippen LogP contribution in [0.5, 0.6) is 11.5 Å². The third kappa shape index (κ3) is 3.78. The quantitative estimate of drug-likeness (QED) is 0.790. The molecular formula is C19H20ClN3O4. The monoisotopic (exact) mass is 389 g/mol. The van der Waals surface area contributed by atoms with Crippen molar-refractivity contribution in [3.8, 4) is 11.5 Å². The van der Waals surface area contributed by atoms with Crippen molar-refractivity contribution in [1.29, 1.82) is 0 Å². The molecule has 8 heteroatoms. The highest BCUT2D eigenvalue weighted by molar-refractivity contribution is 6.32. The summed E-state index contributed by atoms with van der Waals surface area (Å²) in [6.45, 7) is -0.0291. The maximum absolute atomic E-state index is 12.7. The molecule has 2 aromatic rings. The zero-order chi connectivity index (χ0) is 19.6. The minimum Gasteiger partial charge on any atom is -0.495 e. The molecule has 0 fully saturated rings. The van der Waals surface area contributed by atoms with Gasteiger partial charge in [0.15, 0.2) is 0 Å². The highest BCUT2D eigenvalue weighted by Gasteiger charge is 2.34. The summed E-state index contributed by atoms with van der Waals surface area (Å²) in [6, 6.07) is 10.1. The van der Waals surface area contributed by atoms with Gasteiger partial charge in [-0.2, -0.15) is 0 Å². The zero-order valence-electron chi connectivity index (χ0n) is 15.0. The molecule has 0 spiro atoms. The van der Waals surface area contributed by atoms with Crippen LogP contribution < -0.4 is 25.4 Å². The number of ether oxygens (including phenoxy) is 2. The van der Waals surface area contributed by atoms with Crippen LogP contribution in [0.15, 0.2) is 36.4 Å². The Hall–Kier alpha value is -2.93. The smallest absolute Gasteiger partial charge is 0.244 e. The second kappa shape index (κ2) is 7.75. The number of nitrogens with zero attached hydrogens (tertiary/aromatic N) is 1. The van der Waals surface area contributed by atoms with E-state index in [-0.39, 0.29) is 12.5 Å². The number of hydrogen-bond acceptors (Lipinski definition) is 5. The van der Waals surface area contributed by atoms with Crippen molar-refractivity contribution in [3.63, 3.8) is 0 Å². The van der Waals surface area contributed by atoms with E-state index in [0.717, 1.165) is 11.3 Å². The number of primary amides is 1. The van der Waals surface area contributed by atoms with Crippen LogP contribution in [0.25, 0.3) is 0 Å². The van der Waals surface area contributed by atoms with Crippen LogP contribution in [-0.4, -0.2) is 38.6 Å². The predicted molar refractivity (Wildman–Crippen MR) is 104 cm³/mol. The number of amides is 2. The highest BCUT2D eigenvalue weighted by atomic mass is 35.5. The van der Waals surface area contributed by atoms with Gasteiger partial charge < -0.3 is 25.4 Å². The van der Waals surface area contributed by atoms with Crippen molar-refractivity contribution in [2.75, 3.05) is 31.0 Å². The lowest BCUT2D eigenvalue weighted by Crippen LogP contribution is -2.46. The van der Waals surface area contributed by atoms with Gasteiger partial charge in [0, 0.05) is 24.2 Å². The fourth-order valence-electron chi connectivity index (χ4n) is 3.20. The van der Waals surface area contributed by atoms with Crippen LogP contribution in [0.4, 0.5) is 11.4 Å². The van der Waals surface area contributed by atoms with Gasteiger partial charge in [-0.1, -0.05) is 29.8 Å². The van der Waals surface area contributed by atoms with Crippen LogP contribution in [0.1, 0.15) is 5.56 Å². The van der Waals surface area contributed by atoms with Gasteiger partial charge in [0.25, 0.3) is 0 Å². The Morgan fingerprint density at radius 1 is 1.22 bits per heavy atom. The van der Waals surface area contributed by atoms with E-state index in [2.05, 4.69) is 5.32 Å². The molecule has 1 aliphatic heterocycles. The lowest BCUT2D eigenvalue weighted by Gasteiger charge is -2.25. The van der Waals surface area contributed by atoms with Gasteiger partial charge in [-0.25, -0.2) is 0 Å². The van der Waals surface area contributed by atoms with Crippen LogP contribution in [0, 0.1) is 0 Å². The van der Waals surface area contributed by atoms with Crippen molar-refractivity contribution < 1.29 is 19.1 Å². The molecule has 1 aliphatic rings. The number of benzene rings is 2. The van der Waals surface area contributed by atoms with E-state index in [0.29, 0.717) is 28.6 Å². The number of carbonyl (C=O) groups is 2. The average Bonchev–Trinajstić information content (AvgIpc) is 3.01. The van der Waals surface area contributed by atoms with E-state index in [4.69, 9.17) is 26.8 Å². The lowest BCUT2D eigenvalue weighted by atomic mass is 10.1. The van der Waals surface area contributed by atoms with Gasteiger partial charge in [0.1, 0.15) is 17.5 Å². The zero-order valence-corrected chi connectivity index (χ0v) is 15.7. The van der Waals surface area contributed by atoms with Gasteiger partial charge >= 0.3 is 0 Å². The second-order valence-corrected chi connectivity index (χ2v) is 6.52. The van der Waals surface area contributed by atoms with E-state index >= 15 is 0 Å². The Balaban J connectivity index is 1.82. The number of rotatable bonds is 6. The Morgan fingerprint density at radius 2 is 1.93 bits per heavy atom. The van der Waals surface area contributed by atoms with Crippen LogP contribution in [0.3, 0.4) is 0 Å². The van der Waals surface area contributed by atoms with Crippen molar-refractivity contribution in [3.05, 3.63) is 47.0 Å². The number of hydrogen-bond donors (Lipinski definition) is 2. The molecule has 3 N–H and O–H groups in total. The summed E-state index contributed by atoms with van der Waals surface area (Å²) in [5, 5.41) is 3.15. The van der Waals surface area contributed by atoms with Crippen molar-refractivity contribution in [1.82, 2.24) is 0 Å². The summed E-state index contributed by atoms with van der Waals surface area (Å²) in [5.74, 6) is 0.0297. The van der Waals surface area contributed by atoms with Crippen LogP contribution in [-0.2, 0) is 16.0 Å². The summed E-state index contributed by atoms with van der Waals surface area (Å²) in [6.07, 6.45) is 0.483. The molecule has 2 aromatic carbocycles. The van der Waals surface area contributed by atoms with E-state index in [1.165, 1.54) is 14.2 Å². The Bertz CT molecular complexity index is 887. The number of anilines is 2. The van der Waals surface area contributed by atoms with Crippen molar-refractivity contribution in [2.24, 2.45) is 5.73 Å². The summed E-state index contributed by atoms with van der Waals surface area (Å²) < 4.78 is 10.5. The van der Waals surface area contributed by atoms with Gasteiger partial charge in [0.05, 0.1) is 31.5 Å². The first-order chi connectivity index (χ1) is 12.9. The molecule has 0 aliphatic carbocycles.